The number of quaternary nitrogens is 1. The first-order chi connectivity index (χ1) is 15.0. The Morgan fingerprint density at radius 1 is 1.00 bits per heavy atom. The van der Waals surface area contributed by atoms with Gasteiger partial charge in [-0.2, -0.15) is 0 Å². The molecular formula is C25H34N3O3+. The minimum absolute atomic E-state index is 0.0514. The minimum Gasteiger partial charge on any atom is -0.496 e. The van der Waals surface area contributed by atoms with E-state index in [-0.39, 0.29) is 17.7 Å². The summed E-state index contributed by atoms with van der Waals surface area (Å²) in [6.07, 6.45) is 2.65. The van der Waals surface area contributed by atoms with Gasteiger partial charge in [-0.3, -0.25) is 9.59 Å². The Labute approximate surface area is 185 Å². The zero-order valence-corrected chi connectivity index (χ0v) is 18.7. The second kappa shape index (κ2) is 11.0. The molecule has 0 aromatic heterocycles. The Bertz CT molecular complexity index is 874. The van der Waals surface area contributed by atoms with Crippen LogP contribution in [0.15, 0.2) is 48.5 Å². The van der Waals surface area contributed by atoms with Gasteiger partial charge in [-0.15, -0.1) is 0 Å². The number of rotatable bonds is 9. The van der Waals surface area contributed by atoms with Crippen LogP contribution in [0.5, 0.6) is 5.75 Å². The van der Waals surface area contributed by atoms with Crippen LogP contribution in [0.3, 0.4) is 0 Å². The molecule has 2 amide bonds. The summed E-state index contributed by atoms with van der Waals surface area (Å²) in [4.78, 5) is 27.2. The first kappa shape index (κ1) is 22.8. The van der Waals surface area contributed by atoms with Crippen LogP contribution in [-0.4, -0.2) is 38.1 Å². The first-order valence-corrected chi connectivity index (χ1v) is 11.1. The van der Waals surface area contributed by atoms with Gasteiger partial charge < -0.3 is 20.3 Å². The maximum absolute atomic E-state index is 12.8. The first-order valence-electron chi connectivity index (χ1n) is 11.1. The van der Waals surface area contributed by atoms with Gasteiger partial charge in [0.2, 0.25) is 5.91 Å². The Balaban J connectivity index is 1.56. The van der Waals surface area contributed by atoms with Crippen LogP contribution in [0, 0.1) is 5.92 Å². The highest BCUT2D eigenvalue weighted by Gasteiger charge is 2.25. The van der Waals surface area contributed by atoms with Gasteiger partial charge in [0.1, 0.15) is 18.3 Å². The minimum atomic E-state index is -0.629. The summed E-state index contributed by atoms with van der Waals surface area (Å²) in [5.41, 5.74) is 2.79. The molecule has 1 aliphatic heterocycles. The normalized spacial score (nSPS) is 15.0. The molecule has 0 spiro atoms. The molecule has 1 atom stereocenters. The average Bonchev–Trinajstić information content (AvgIpc) is 3.29. The number of hydrogen-bond donors (Lipinski definition) is 3. The lowest BCUT2D eigenvalue weighted by Gasteiger charge is -2.22. The molecule has 166 valence electrons. The second-order valence-corrected chi connectivity index (χ2v) is 8.56. The zero-order valence-electron chi connectivity index (χ0n) is 18.7. The number of benzene rings is 2. The van der Waals surface area contributed by atoms with Crippen molar-refractivity contribution in [1.29, 1.82) is 0 Å². The maximum atomic E-state index is 12.8. The van der Waals surface area contributed by atoms with E-state index < -0.39 is 6.04 Å². The fraction of sp³-hybridized carbons (Fsp3) is 0.440. The van der Waals surface area contributed by atoms with E-state index in [4.69, 9.17) is 4.74 Å². The van der Waals surface area contributed by atoms with Gasteiger partial charge in [-0.25, -0.2) is 0 Å². The highest BCUT2D eigenvalue weighted by molar-refractivity contribution is 5.99. The number of carbonyl (C=O) groups excluding carboxylic acids is 2. The van der Waals surface area contributed by atoms with E-state index in [1.165, 1.54) is 38.6 Å². The summed E-state index contributed by atoms with van der Waals surface area (Å²) in [6, 6.07) is 14.8. The summed E-state index contributed by atoms with van der Waals surface area (Å²) in [5.74, 6) is -0.0767. The van der Waals surface area contributed by atoms with Crippen molar-refractivity contribution in [2.24, 2.45) is 5.92 Å². The topological polar surface area (TPSA) is 71.9 Å². The van der Waals surface area contributed by atoms with Crippen LogP contribution >= 0.6 is 0 Å². The molecule has 0 unspecified atom stereocenters. The highest BCUT2D eigenvalue weighted by atomic mass is 16.5. The summed E-state index contributed by atoms with van der Waals surface area (Å²) in [5, 5.41) is 5.83. The van der Waals surface area contributed by atoms with Gasteiger partial charge in [0.15, 0.2) is 0 Å². The fourth-order valence-electron chi connectivity index (χ4n) is 4.00. The zero-order chi connectivity index (χ0) is 22.2. The molecule has 6 heteroatoms. The van der Waals surface area contributed by atoms with Crippen molar-refractivity contribution in [3.8, 4) is 5.75 Å². The van der Waals surface area contributed by atoms with Gasteiger partial charge >= 0.3 is 0 Å². The molecule has 6 nitrogen and oxygen atoms in total. The second-order valence-electron chi connectivity index (χ2n) is 8.56. The van der Waals surface area contributed by atoms with Crippen LogP contribution in [0.2, 0.25) is 0 Å². The molecular weight excluding hydrogens is 390 g/mol. The van der Waals surface area contributed by atoms with Crippen molar-refractivity contribution in [3.05, 3.63) is 65.2 Å². The third-order valence-corrected chi connectivity index (χ3v) is 5.84. The summed E-state index contributed by atoms with van der Waals surface area (Å²) < 4.78 is 5.26. The molecule has 0 saturated carbocycles. The number of methoxy groups -OCH3 is 1. The van der Waals surface area contributed by atoms with Crippen LogP contribution < -0.4 is 20.3 Å². The highest BCUT2D eigenvalue weighted by Crippen LogP contribution is 2.17. The standard InChI is InChI=1S/C25H33N3O3/c1-18(2)23(27-24(29)21-8-4-5-9-22(21)31-3)25(30)26-16-19-10-12-20(13-11-19)17-28-14-6-7-15-28/h4-5,8-13,18,23H,6-7,14-17H2,1-3H3,(H,26,30)(H,27,29)/p+1/t23-/m0/s1. The van der Waals surface area contributed by atoms with E-state index in [9.17, 15) is 9.59 Å². The number of amides is 2. The van der Waals surface area contributed by atoms with Crippen molar-refractivity contribution >= 4 is 11.8 Å². The Hall–Kier alpha value is -2.86. The molecule has 1 fully saturated rings. The predicted molar refractivity (Wildman–Crippen MR) is 121 cm³/mol. The van der Waals surface area contributed by atoms with E-state index in [1.807, 2.05) is 13.8 Å². The van der Waals surface area contributed by atoms with Gasteiger partial charge in [0, 0.05) is 24.9 Å². The fourth-order valence-corrected chi connectivity index (χ4v) is 4.00. The number of ether oxygens (including phenoxy) is 1. The van der Waals surface area contributed by atoms with Crippen molar-refractivity contribution in [3.63, 3.8) is 0 Å². The van der Waals surface area contributed by atoms with Crippen molar-refractivity contribution in [1.82, 2.24) is 10.6 Å². The number of nitrogens with one attached hydrogen (secondary N) is 3. The summed E-state index contributed by atoms with van der Waals surface area (Å²) >= 11 is 0. The molecule has 31 heavy (non-hydrogen) atoms. The monoisotopic (exact) mass is 424 g/mol. The van der Waals surface area contributed by atoms with Crippen molar-refractivity contribution in [2.75, 3.05) is 20.2 Å². The molecule has 1 heterocycles. The summed E-state index contributed by atoms with van der Waals surface area (Å²) in [6.45, 7) is 7.86. The van der Waals surface area contributed by atoms with E-state index in [0.29, 0.717) is 17.9 Å². The van der Waals surface area contributed by atoms with Crippen molar-refractivity contribution < 1.29 is 19.2 Å². The van der Waals surface area contributed by atoms with Crippen LogP contribution in [0.1, 0.15) is 48.2 Å². The Morgan fingerprint density at radius 2 is 1.65 bits per heavy atom. The molecule has 1 saturated heterocycles. The molecule has 2 aromatic carbocycles. The number of carbonyl (C=O) groups is 2. The SMILES string of the molecule is COc1ccccc1C(=O)N[C@H](C(=O)NCc1ccc(C[NH+]2CCCC2)cc1)C(C)C. The van der Waals surface area contributed by atoms with Crippen LogP contribution in [0.4, 0.5) is 0 Å². The lowest BCUT2D eigenvalue weighted by Crippen LogP contribution is -3.08. The third-order valence-electron chi connectivity index (χ3n) is 5.84. The maximum Gasteiger partial charge on any atom is 0.255 e. The molecule has 2 aromatic rings. The summed E-state index contributed by atoms with van der Waals surface area (Å²) in [7, 11) is 1.52. The van der Waals surface area contributed by atoms with E-state index in [0.717, 1.165) is 12.1 Å². The average molecular weight is 425 g/mol. The quantitative estimate of drug-likeness (QED) is 0.576. The van der Waals surface area contributed by atoms with E-state index in [2.05, 4.69) is 34.9 Å². The van der Waals surface area contributed by atoms with Gasteiger partial charge in [-0.1, -0.05) is 50.2 Å². The Morgan fingerprint density at radius 3 is 2.29 bits per heavy atom. The molecule has 3 rings (SSSR count). The van der Waals surface area contributed by atoms with Crippen LogP contribution in [0.25, 0.3) is 0 Å². The van der Waals surface area contributed by atoms with Crippen LogP contribution in [-0.2, 0) is 17.9 Å². The van der Waals surface area contributed by atoms with Gasteiger partial charge in [0.05, 0.1) is 25.8 Å². The lowest BCUT2D eigenvalue weighted by atomic mass is 10.0. The van der Waals surface area contributed by atoms with Crippen molar-refractivity contribution in [2.45, 2.75) is 45.8 Å². The smallest absolute Gasteiger partial charge is 0.255 e. The van der Waals surface area contributed by atoms with E-state index >= 15 is 0 Å². The van der Waals surface area contributed by atoms with E-state index in [1.54, 1.807) is 29.2 Å². The molecule has 0 aliphatic carbocycles. The number of para-hydroxylation sites is 1. The largest absolute Gasteiger partial charge is 0.496 e. The van der Waals surface area contributed by atoms with Gasteiger partial charge in [-0.05, 0) is 23.6 Å². The Kier molecular flexibility index (Phi) is 8.06. The van der Waals surface area contributed by atoms with Gasteiger partial charge in [0.25, 0.3) is 5.91 Å². The third kappa shape index (κ3) is 6.31. The number of likely N-dealkylation sites (tertiary alicyclic amines) is 1. The molecule has 0 bridgehead atoms. The predicted octanol–water partition coefficient (Wildman–Crippen LogP) is 1.94. The molecule has 0 radical (unpaired) electrons. The molecule has 3 N–H and O–H groups in total. The lowest BCUT2D eigenvalue weighted by molar-refractivity contribution is -0.901. The molecule has 1 aliphatic rings. The number of hydrogen-bond acceptors (Lipinski definition) is 3.